The summed E-state index contributed by atoms with van der Waals surface area (Å²) >= 11 is 4.88. The highest BCUT2D eigenvalue weighted by atomic mass is 32.2. The van der Waals surface area contributed by atoms with Gasteiger partial charge in [0.25, 0.3) is 0 Å². The van der Waals surface area contributed by atoms with Gasteiger partial charge in [0.05, 0.1) is 4.90 Å². The second-order valence-electron chi connectivity index (χ2n) is 5.20. The number of hydrogen-bond donors (Lipinski definition) is 1. The van der Waals surface area contributed by atoms with Gasteiger partial charge in [0.15, 0.2) is 0 Å². The monoisotopic (exact) mass is 312 g/mol. The fourth-order valence-electron chi connectivity index (χ4n) is 2.53. The topological polar surface area (TPSA) is 63.4 Å². The normalized spacial score (nSPS) is 21.4. The van der Waals surface area contributed by atoms with Gasteiger partial charge in [0.1, 0.15) is 4.99 Å². The fraction of sp³-hybridized carbons (Fsp3) is 0.500. The molecule has 0 spiro atoms. The van der Waals surface area contributed by atoms with Gasteiger partial charge < -0.3 is 5.73 Å². The zero-order valence-electron chi connectivity index (χ0n) is 11.6. The van der Waals surface area contributed by atoms with Gasteiger partial charge in [-0.05, 0) is 31.9 Å². The lowest BCUT2D eigenvalue weighted by Crippen LogP contribution is -2.38. The van der Waals surface area contributed by atoms with Crippen LogP contribution < -0.4 is 5.73 Å². The first-order chi connectivity index (χ1) is 9.43. The first-order valence-corrected chi connectivity index (χ1v) is 8.69. The second kappa shape index (κ2) is 6.20. The van der Waals surface area contributed by atoms with Crippen LogP contribution in [0.15, 0.2) is 29.2 Å². The van der Waals surface area contributed by atoms with Gasteiger partial charge in [0, 0.05) is 18.2 Å². The van der Waals surface area contributed by atoms with Gasteiger partial charge in [-0.2, -0.15) is 4.31 Å². The Bertz CT molecular complexity index is 582. The number of nitrogens with zero attached hydrogens (tertiary/aromatic N) is 1. The molecular formula is C14H20N2O2S2. The second-order valence-corrected chi connectivity index (χ2v) is 7.53. The molecule has 0 aromatic heterocycles. The van der Waals surface area contributed by atoms with E-state index in [4.69, 9.17) is 18.0 Å². The predicted octanol–water partition coefficient (Wildman–Crippen LogP) is 2.27. The molecule has 0 bridgehead atoms. The highest BCUT2D eigenvalue weighted by Gasteiger charge is 2.29. The van der Waals surface area contributed by atoms with Crippen LogP contribution in [0.1, 0.15) is 38.2 Å². The summed E-state index contributed by atoms with van der Waals surface area (Å²) in [5.41, 5.74) is 6.21. The average molecular weight is 312 g/mol. The van der Waals surface area contributed by atoms with Gasteiger partial charge in [-0.15, -0.1) is 0 Å². The third-order valence-electron chi connectivity index (χ3n) is 3.74. The molecule has 0 saturated carbocycles. The molecule has 110 valence electrons. The van der Waals surface area contributed by atoms with Crippen LogP contribution >= 0.6 is 12.2 Å². The summed E-state index contributed by atoms with van der Waals surface area (Å²) in [6.07, 6.45) is 4.03. The van der Waals surface area contributed by atoms with Crippen LogP contribution in [0.5, 0.6) is 0 Å². The lowest BCUT2D eigenvalue weighted by molar-refractivity contribution is 0.342. The number of sulfonamides is 1. The zero-order valence-corrected chi connectivity index (χ0v) is 13.2. The molecule has 1 aromatic carbocycles. The SMILES string of the molecule is CC1CCCCCN1S(=O)(=O)c1ccc(C(N)=S)cc1. The summed E-state index contributed by atoms with van der Waals surface area (Å²) in [6.45, 7) is 2.58. The largest absolute Gasteiger partial charge is 0.389 e. The minimum absolute atomic E-state index is 0.0535. The van der Waals surface area contributed by atoms with Crippen LogP contribution in [-0.4, -0.2) is 30.3 Å². The minimum atomic E-state index is -3.43. The molecule has 1 fully saturated rings. The summed E-state index contributed by atoms with van der Waals surface area (Å²) < 4.78 is 27.0. The number of hydrogen-bond acceptors (Lipinski definition) is 3. The van der Waals surface area contributed by atoms with Crippen molar-refractivity contribution in [3.05, 3.63) is 29.8 Å². The zero-order chi connectivity index (χ0) is 14.8. The van der Waals surface area contributed by atoms with Gasteiger partial charge in [-0.1, -0.05) is 37.2 Å². The lowest BCUT2D eigenvalue weighted by atomic mass is 10.1. The average Bonchev–Trinajstić information content (AvgIpc) is 2.64. The molecule has 1 saturated heterocycles. The molecule has 1 aromatic rings. The summed E-state index contributed by atoms with van der Waals surface area (Å²) in [5, 5.41) is 0. The quantitative estimate of drug-likeness (QED) is 0.870. The fourth-order valence-corrected chi connectivity index (χ4v) is 4.37. The molecule has 1 unspecified atom stereocenters. The van der Waals surface area contributed by atoms with Crippen LogP contribution in [0, 0.1) is 0 Å². The number of thiocarbonyl (C=S) groups is 1. The first kappa shape index (κ1) is 15.4. The van der Waals surface area contributed by atoms with E-state index in [0.29, 0.717) is 17.0 Å². The van der Waals surface area contributed by atoms with Crippen molar-refractivity contribution in [3.8, 4) is 0 Å². The van der Waals surface area contributed by atoms with Gasteiger partial charge in [0.2, 0.25) is 10.0 Å². The smallest absolute Gasteiger partial charge is 0.243 e. The molecule has 6 heteroatoms. The molecule has 1 aliphatic heterocycles. The van der Waals surface area contributed by atoms with Crippen molar-refractivity contribution in [2.45, 2.75) is 43.5 Å². The molecule has 1 atom stereocenters. The molecular weight excluding hydrogens is 292 g/mol. The van der Waals surface area contributed by atoms with Gasteiger partial charge in [-0.3, -0.25) is 0 Å². The Morgan fingerprint density at radius 1 is 1.25 bits per heavy atom. The van der Waals surface area contributed by atoms with Crippen molar-refractivity contribution in [2.75, 3.05) is 6.54 Å². The van der Waals surface area contributed by atoms with Crippen molar-refractivity contribution in [1.29, 1.82) is 0 Å². The van der Waals surface area contributed by atoms with E-state index in [-0.39, 0.29) is 11.0 Å². The van der Waals surface area contributed by atoms with Crippen molar-refractivity contribution < 1.29 is 8.42 Å². The highest BCUT2D eigenvalue weighted by Crippen LogP contribution is 2.24. The van der Waals surface area contributed by atoms with E-state index in [0.717, 1.165) is 25.7 Å². The standard InChI is InChI=1S/C14H20N2O2S2/c1-11-5-3-2-4-10-16(11)20(17,18)13-8-6-12(7-9-13)14(15)19/h6-9,11H,2-5,10H2,1H3,(H2,15,19). The highest BCUT2D eigenvalue weighted by molar-refractivity contribution is 7.89. The van der Waals surface area contributed by atoms with E-state index in [2.05, 4.69) is 0 Å². The minimum Gasteiger partial charge on any atom is -0.389 e. The van der Waals surface area contributed by atoms with Gasteiger partial charge in [-0.25, -0.2) is 8.42 Å². The predicted molar refractivity (Wildman–Crippen MR) is 84.2 cm³/mol. The molecule has 4 nitrogen and oxygen atoms in total. The van der Waals surface area contributed by atoms with Crippen LogP contribution in [0.3, 0.4) is 0 Å². The van der Waals surface area contributed by atoms with Crippen molar-refractivity contribution in [2.24, 2.45) is 5.73 Å². The van der Waals surface area contributed by atoms with Crippen molar-refractivity contribution in [3.63, 3.8) is 0 Å². The molecule has 0 amide bonds. The molecule has 1 aliphatic rings. The summed E-state index contributed by atoms with van der Waals surface area (Å²) in [6, 6.07) is 6.55. The summed E-state index contributed by atoms with van der Waals surface area (Å²) in [4.78, 5) is 0.586. The Hall–Kier alpha value is -0.980. The maximum Gasteiger partial charge on any atom is 0.243 e. The Balaban J connectivity index is 2.31. The van der Waals surface area contributed by atoms with E-state index in [1.807, 2.05) is 6.92 Å². The summed E-state index contributed by atoms with van der Waals surface area (Å²) in [7, 11) is -3.43. The van der Waals surface area contributed by atoms with Gasteiger partial charge >= 0.3 is 0 Å². The Kier molecular flexibility index (Phi) is 4.78. The molecule has 0 radical (unpaired) electrons. The lowest BCUT2D eigenvalue weighted by Gasteiger charge is -2.26. The molecule has 2 rings (SSSR count). The molecule has 2 N–H and O–H groups in total. The molecule has 20 heavy (non-hydrogen) atoms. The number of benzene rings is 1. The van der Waals surface area contributed by atoms with Crippen LogP contribution in [0.2, 0.25) is 0 Å². The number of rotatable bonds is 3. The maximum absolute atomic E-state index is 12.7. The Morgan fingerprint density at radius 3 is 2.50 bits per heavy atom. The van der Waals surface area contributed by atoms with Crippen LogP contribution in [0.25, 0.3) is 0 Å². The maximum atomic E-state index is 12.7. The van der Waals surface area contributed by atoms with Crippen LogP contribution in [-0.2, 0) is 10.0 Å². The summed E-state index contributed by atoms with van der Waals surface area (Å²) in [5.74, 6) is 0. The van der Waals surface area contributed by atoms with E-state index < -0.39 is 10.0 Å². The first-order valence-electron chi connectivity index (χ1n) is 6.84. The van der Waals surface area contributed by atoms with Crippen molar-refractivity contribution in [1.82, 2.24) is 4.31 Å². The molecule has 1 heterocycles. The van der Waals surface area contributed by atoms with E-state index >= 15 is 0 Å². The Morgan fingerprint density at radius 2 is 1.90 bits per heavy atom. The van der Waals surface area contributed by atoms with Crippen molar-refractivity contribution >= 4 is 27.2 Å². The third kappa shape index (κ3) is 3.19. The Labute approximate surface area is 126 Å². The van der Waals surface area contributed by atoms with Crippen LogP contribution in [0.4, 0.5) is 0 Å². The third-order valence-corrected chi connectivity index (χ3v) is 6.00. The van der Waals surface area contributed by atoms with E-state index in [9.17, 15) is 8.42 Å². The number of nitrogens with two attached hydrogens (primary N) is 1. The van der Waals surface area contributed by atoms with E-state index in [1.54, 1.807) is 28.6 Å². The van der Waals surface area contributed by atoms with E-state index in [1.165, 1.54) is 0 Å². The molecule has 0 aliphatic carbocycles.